The quantitative estimate of drug-likeness (QED) is 0.846. The van der Waals surface area contributed by atoms with Crippen LogP contribution in [0.3, 0.4) is 0 Å². The van der Waals surface area contributed by atoms with Crippen LogP contribution in [0, 0.1) is 11.7 Å². The van der Waals surface area contributed by atoms with Crippen molar-refractivity contribution in [2.45, 2.75) is 44.8 Å². The van der Waals surface area contributed by atoms with E-state index in [2.05, 4.69) is 5.32 Å². The number of nitrogens with one attached hydrogen (secondary N) is 1. The highest BCUT2D eigenvalue weighted by Gasteiger charge is 2.35. The average molecular weight is 309 g/mol. The Morgan fingerprint density at radius 1 is 1.41 bits per heavy atom. The molecule has 1 aliphatic rings. The van der Waals surface area contributed by atoms with E-state index in [9.17, 15) is 14.0 Å². The lowest BCUT2D eigenvalue weighted by molar-refractivity contribution is -0.142. The van der Waals surface area contributed by atoms with Gasteiger partial charge in [-0.3, -0.25) is 9.59 Å². The van der Waals surface area contributed by atoms with Crippen molar-refractivity contribution in [2.24, 2.45) is 5.92 Å². The fraction of sp³-hybridized carbons (Fsp3) is 0.500. The number of aliphatic carboxylic acids is 1. The zero-order valence-electron chi connectivity index (χ0n) is 12.4. The molecule has 1 aromatic carbocycles. The molecule has 0 saturated heterocycles. The molecule has 1 aromatic rings. The maximum absolute atomic E-state index is 13.6. The number of ether oxygens (including phenoxy) is 1. The number of hydrogen-bond acceptors (Lipinski definition) is 3. The van der Waals surface area contributed by atoms with Gasteiger partial charge in [0, 0.05) is 6.04 Å². The zero-order chi connectivity index (χ0) is 16.1. The van der Waals surface area contributed by atoms with Gasteiger partial charge in [0.1, 0.15) is 0 Å². The highest BCUT2D eigenvalue weighted by Crippen LogP contribution is 2.26. The molecule has 0 bridgehead atoms. The molecule has 5 nitrogen and oxygen atoms in total. The Morgan fingerprint density at radius 2 is 2.14 bits per heavy atom. The standard InChI is InChI=1S/C16H20FNO4/c1-2-13(22-14-9-4-3-7-11(14)17)15(19)18-12-8-5-6-10(12)16(20)21/h3-4,7,9-10,12-13H,2,5-6,8H2,1H3,(H,18,19)(H,20,21)/t10-,12+,13?/m0/s1. The molecule has 22 heavy (non-hydrogen) atoms. The van der Waals surface area contributed by atoms with Crippen LogP contribution in [0.15, 0.2) is 24.3 Å². The van der Waals surface area contributed by atoms with Gasteiger partial charge in [-0.2, -0.15) is 0 Å². The molecule has 6 heteroatoms. The molecular formula is C16H20FNO4. The molecule has 1 fully saturated rings. The third-order valence-electron chi connectivity index (χ3n) is 3.93. The van der Waals surface area contributed by atoms with Gasteiger partial charge in [-0.1, -0.05) is 25.5 Å². The third-order valence-corrected chi connectivity index (χ3v) is 3.93. The number of rotatable bonds is 6. The molecule has 1 saturated carbocycles. The number of carbonyl (C=O) groups excluding carboxylic acids is 1. The first-order valence-corrected chi connectivity index (χ1v) is 7.47. The van der Waals surface area contributed by atoms with Crippen LogP contribution in [-0.4, -0.2) is 29.1 Å². The largest absolute Gasteiger partial charge is 0.481 e. The Hall–Kier alpha value is -2.11. The predicted octanol–water partition coefficient (Wildman–Crippen LogP) is 2.35. The highest BCUT2D eigenvalue weighted by molar-refractivity contribution is 5.82. The molecule has 1 aliphatic carbocycles. The molecule has 0 aromatic heterocycles. The van der Waals surface area contributed by atoms with Gasteiger partial charge in [-0.05, 0) is 31.4 Å². The van der Waals surface area contributed by atoms with E-state index in [0.717, 1.165) is 6.42 Å². The minimum absolute atomic E-state index is 0.0192. The molecule has 1 amide bonds. The summed E-state index contributed by atoms with van der Waals surface area (Å²) < 4.78 is 19.0. The van der Waals surface area contributed by atoms with Crippen LogP contribution >= 0.6 is 0 Å². The fourth-order valence-electron chi connectivity index (χ4n) is 2.72. The minimum Gasteiger partial charge on any atom is -0.481 e. The van der Waals surface area contributed by atoms with E-state index in [-0.39, 0.29) is 11.8 Å². The number of halogens is 1. The summed E-state index contributed by atoms with van der Waals surface area (Å²) in [5.41, 5.74) is 0. The van der Waals surface area contributed by atoms with Crippen LogP contribution in [-0.2, 0) is 9.59 Å². The van der Waals surface area contributed by atoms with E-state index in [1.165, 1.54) is 12.1 Å². The lowest BCUT2D eigenvalue weighted by atomic mass is 10.0. The number of hydrogen-bond donors (Lipinski definition) is 2. The van der Waals surface area contributed by atoms with Crippen LogP contribution in [0.5, 0.6) is 5.75 Å². The topological polar surface area (TPSA) is 75.6 Å². The van der Waals surface area contributed by atoms with Crippen molar-refractivity contribution in [1.29, 1.82) is 0 Å². The molecular weight excluding hydrogens is 289 g/mol. The lowest BCUT2D eigenvalue weighted by Crippen LogP contribution is -2.46. The first kappa shape index (κ1) is 16.3. The number of carboxylic acid groups (broad SMARTS) is 1. The zero-order valence-corrected chi connectivity index (χ0v) is 12.4. The summed E-state index contributed by atoms with van der Waals surface area (Å²) in [6.45, 7) is 1.76. The summed E-state index contributed by atoms with van der Waals surface area (Å²) >= 11 is 0. The Morgan fingerprint density at radius 3 is 2.77 bits per heavy atom. The average Bonchev–Trinajstić information content (AvgIpc) is 2.94. The van der Waals surface area contributed by atoms with E-state index < -0.39 is 29.7 Å². The maximum atomic E-state index is 13.6. The van der Waals surface area contributed by atoms with Gasteiger partial charge in [0.15, 0.2) is 17.7 Å². The summed E-state index contributed by atoms with van der Waals surface area (Å²) in [4.78, 5) is 23.4. The van der Waals surface area contributed by atoms with Gasteiger partial charge in [-0.25, -0.2) is 4.39 Å². The molecule has 120 valence electrons. The maximum Gasteiger partial charge on any atom is 0.308 e. The number of carbonyl (C=O) groups is 2. The molecule has 2 N–H and O–H groups in total. The van der Waals surface area contributed by atoms with Crippen LogP contribution < -0.4 is 10.1 Å². The summed E-state index contributed by atoms with van der Waals surface area (Å²) in [5.74, 6) is -2.37. The molecule has 0 radical (unpaired) electrons. The summed E-state index contributed by atoms with van der Waals surface area (Å²) in [6, 6.07) is 5.50. The van der Waals surface area contributed by atoms with E-state index in [1.807, 2.05) is 0 Å². The van der Waals surface area contributed by atoms with Crippen molar-refractivity contribution >= 4 is 11.9 Å². The number of carboxylic acids is 1. The van der Waals surface area contributed by atoms with Crippen molar-refractivity contribution < 1.29 is 23.8 Å². The van der Waals surface area contributed by atoms with Gasteiger partial charge in [0.2, 0.25) is 0 Å². The second-order valence-electron chi connectivity index (χ2n) is 5.44. The first-order valence-electron chi connectivity index (χ1n) is 7.47. The number of para-hydroxylation sites is 1. The van der Waals surface area contributed by atoms with Crippen molar-refractivity contribution in [1.82, 2.24) is 5.32 Å². The van der Waals surface area contributed by atoms with Gasteiger partial charge in [-0.15, -0.1) is 0 Å². The second-order valence-corrected chi connectivity index (χ2v) is 5.44. The third kappa shape index (κ3) is 3.75. The minimum atomic E-state index is -0.897. The van der Waals surface area contributed by atoms with Crippen LogP contribution in [0.4, 0.5) is 4.39 Å². The van der Waals surface area contributed by atoms with Crippen molar-refractivity contribution in [3.05, 3.63) is 30.1 Å². The van der Waals surface area contributed by atoms with Crippen molar-refractivity contribution in [3.8, 4) is 5.75 Å². The number of amides is 1. The molecule has 3 atom stereocenters. The SMILES string of the molecule is CCC(Oc1ccccc1F)C(=O)N[C@@H]1CCC[C@@H]1C(=O)O. The Bertz CT molecular complexity index is 549. The molecule has 0 aliphatic heterocycles. The van der Waals surface area contributed by atoms with Crippen molar-refractivity contribution in [3.63, 3.8) is 0 Å². The van der Waals surface area contributed by atoms with Crippen molar-refractivity contribution in [2.75, 3.05) is 0 Å². The summed E-state index contributed by atoms with van der Waals surface area (Å²) in [6.07, 6.45) is 1.49. The highest BCUT2D eigenvalue weighted by atomic mass is 19.1. The normalized spacial score (nSPS) is 22.1. The van der Waals surface area contributed by atoms with Crippen LogP contribution in [0.1, 0.15) is 32.6 Å². The van der Waals surface area contributed by atoms with Gasteiger partial charge < -0.3 is 15.2 Å². The Kier molecular flexibility index (Phi) is 5.35. The van der Waals surface area contributed by atoms with E-state index in [0.29, 0.717) is 19.3 Å². The summed E-state index contributed by atoms with van der Waals surface area (Å²) in [5, 5.41) is 11.9. The lowest BCUT2D eigenvalue weighted by Gasteiger charge is -2.22. The van der Waals surface area contributed by atoms with E-state index in [4.69, 9.17) is 9.84 Å². The van der Waals surface area contributed by atoms with Gasteiger partial charge in [0.25, 0.3) is 5.91 Å². The molecule has 0 heterocycles. The number of benzene rings is 1. The van der Waals surface area contributed by atoms with E-state index >= 15 is 0 Å². The molecule has 1 unspecified atom stereocenters. The Balaban J connectivity index is 2.00. The van der Waals surface area contributed by atoms with Crippen LogP contribution in [0.2, 0.25) is 0 Å². The van der Waals surface area contributed by atoms with E-state index in [1.54, 1.807) is 19.1 Å². The molecule has 2 rings (SSSR count). The summed E-state index contributed by atoms with van der Waals surface area (Å²) in [7, 11) is 0. The first-order chi connectivity index (χ1) is 10.5. The Labute approximate surface area is 128 Å². The van der Waals surface area contributed by atoms with Gasteiger partial charge in [0.05, 0.1) is 5.92 Å². The molecule has 0 spiro atoms. The predicted molar refractivity (Wildman–Crippen MR) is 78.0 cm³/mol. The monoisotopic (exact) mass is 309 g/mol. The second kappa shape index (κ2) is 7.24. The smallest absolute Gasteiger partial charge is 0.308 e. The van der Waals surface area contributed by atoms with Crippen LogP contribution in [0.25, 0.3) is 0 Å². The fourth-order valence-corrected chi connectivity index (χ4v) is 2.72. The van der Waals surface area contributed by atoms with Gasteiger partial charge >= 0.3 is 5.97 Å².